The number of hydrogen-bond donors (Lipinski definition) is 1. The number of benzene rings is 1. The molecule has 1 aliphatic heterocycles. The Kier molecular flexibility index (Phi) is 6.14. The van der Waals surface area contributed by atoms with Gasteiger partial charge in [-0.1, -0.05) is 0 Å². The van der Waals surface area contributed by atoms with E-state index in [1.54, 1.807) is 6.92 Å². The maximum atomic E-state index is 12.3. The van der Waals surface area contributed by atoms with Crippen molar-refractivity contribution in [2.45, 2.75) is 19.9 Å². The van der Waals surface area contributed by atoms with Gasteiger partial charge in [-0.15, -0.1) is 11.3 Å². The van der Waals surface area contributed by atoms with Crippen LogP contribution in [0.25, 0.3) is 0 Å². The van der Waals surface area contributed by atoms with Crippen LogP contribution in [0.3, 0.4) is 0 Å². The van der Waals surface area contributed by atoms with Gasteiger partial charge in [-0.2, -0.15) is 0 Å². The molecule has 0 bridgehead atoms. The van der Waals surface area contributed by atoms with Gasteiger partial charge in [-0.05, 0) is 26.0 Å². The van der Waals surface area contributed by atoms with E-state index in [0.717, 1.165) is 23.1 Å². The number of fused-ring (bicyclic) bond motifs is 1. The zero-order valence-corrected chi connectivity index (χ0v) is 17.1. The fourth-order valence-electron chi connectivity index (χ4n) is 3.13. The molecule has 0 saturated heterocycles. The van der Waals surface area contributed by atoms with Crippen LogP contribution < -0.4 is 4.74 Å². The molecule has 9 nitrogen and oxygen atoms in total. The van der Waals surface area contributed by atoms with E-state index in [1.807, 2.05) is 7.05 Å². The Morgan fingerprint density at radius 1 is 1.48 bits per heavy atom. The van der Waals surface area contributed by atoms with Crippen LogP contribution in [-0.2, 0) is 17.7 Å². The van der Waals surface area contributed by atoms with Crippen LogP contribution >= 0.6 is 11.3 Å². The normalized spacial score (nSPS) is 14.0. The summed E-state index contributed by atoms with van der Waals surface area (Å²) in [5, 5.41) is 22.0. The molecule has 2 aromatic rings. The summed E-state index contributed by atoms with van der Waals surface area (Å²) in [5.41, 5.74) is 1.23. The second-order valence-electron chi connectivity index (χ2n) is 6.49. The standard InChI is InChI=1S/C19H21N3O6S/c1-4-28-14-8-12(22(25)26)7-11(17(14)23)9-20-18-16(19(24)27-3)13-5-6-21(2)10-15(13)29-18/h7-9,23H,4-6,10H2,1-3H3. The summed E-state index contributed by atoms with van der Waals surface area (Å²) in [6, 6.07) is 2.37. The first-order valence-electron chi connectivity index (χ1n) is 8.95. The molecule has 3 rings (SSSR count). The smallest absolute Gasteiger partial charge is 0.341 e. The Balaban J connectivity index is 2.06. The van der Waals surface area contributed by atoms with Crippen LogP contribution in [0.4, 0.5) is 10.7 Å². The van der Waals surface area contributed by atoms with Crippen molar-refractivity contribution in [1.82, 2.24) is 4.90 Å². The SMILES string of the molecule is CCOc1cc([N+](=O)[O-])cc(C=Nc2sc3c(c2C(=O)OC)CCN(C)C3)c1O. The number of phenolic OH excluding ortho intramolecular Hbond substituents is 1. The highest BCUT2D eigenvalue weighted by molar-refractivity contribution is 7.16. The van der Waals surface area contributed by atoms with Gasteiger partial charge in [0.05, 0.1) is 30.3 Å². The first kappa shape index (κ1) is 20.7. The van der Waals surface area contributed by atoms with E-state index in [9.17, 15) is 20.0 Å². The summed E-state index contributed by atoms with van der Waals surface area (Å²) >= 11 is 1.37. The minimum Gasteiger partial charge on any atom is -0.504 e. The molecule has 1 aromatic heterocycles. The van der Waals surface area contributed by atoms with E-state index in [4.69, 9.17) is 9.47 Å². The Bertz CT molecular complexity index is 985. The maximum absolute atomic E-state index is 12.3. The van der Waals surface area contributed by atoms with Gasteiger partial charge in [0.2, 0.25) is 0 Å². The second-order valence-corrected chi connectivity index (χ2v) is 7.58. The first-order valence-corrected chi connectivity index (χ1v) is 9.77. The number of thiophene rings is 1. The van der Waals surface area contributed by atoms with Crippen LogP contribution in [0.15, 0.2) is 17.1 Å². The number of methoxy groups -OCH3 is 1. The minimum atomic E-state index is -0.571. The van der Waals surface area contributed by atoms with E-state index in [2.05, 4.69) is 9.89 Å². The molecule has 154 valence electrons. The van der Waals surface area contributed by atoms with E-state index in [0.29, 0.717) is 23.5 Å². The third-order valence-corrected chi connectivity index (χ3v) is 5.66. The van der Waals surface area contributed by atoms with Crippen LogP contribution in [0, 0.1) is 10.1 Å². The highest BCUT2D eigenvalue weighted by atomic mass is 32.1. The van der Waals surface area contributed by atoms with Crippen LogP contribution in [0.5, 0.6) is 11.5 Å². The number of nitro benzene ring substituents is 1. The lowest BCUT2D eigenvalue weighted by Crippen LogP contribution is -2.26. The Morgan fingerprint density at radius 3 is 2.90 bits per heavy atom. The van der Waals surface area contributed by atoms with Gasteiger partial charge in [0.15, 0.2) is 11.5 Å². The molecule has 1 aliphatic rings. The number of ether oxygens (including phenoxy) is 2. The van der Waals surface area contributed by atoms with Crippen molar-refractivity contribution < 1.29 is 24.3 Å². The van der Waals surface area contributed by atoms with Crippen LogP contribution in [0.2, 0.25) is 0 Å². The summed E-state index contributed by atoms with van der Waals surface area (Å²) in [7, 11) is 3.31. The first-order chi connectivity index (χ1) is 13.8. The van der Waals surface area contributed by atoms with Crippen LogP contribution in [-0.4, -0.2) is 54.4 Å². The number of likely N-dealkylation sites (N-methyl/N-ethyl adjacent to an activating group) is 1. The number of nitrogens with zero attached hydrogens (tertiary/aromatic N) is 3. The molecule has 0 atom stereocenters. The number of non-ortho nitro benzene ring substituents is 1. The number of aromatic hydroxyl groups is 1. The van der Waals surface area contributed by atoms with Gasteiger partial charge >= 0.3 is 5.97 Å². The van der Waals surface area contributed by atoms with Gasteiger partial charge in [0.1, 0.15) is 5.00 Å². The average Bonchev–Trinajstić information content (AvgIpc) is 3.05. The molecule has 0 amide bonds. The lowest BCUT2D eigenvalue weighted by atomic mass is 10.0. The van der Waals surface area contributed by atoms with Crippen molar-refractivity contribution in [3.8, 4) is 11.5 Å². The van der Waals surface area contributed by atoms with Crippen LogP contribution in [0.1, 0.15) is 33.3 Å². The largest absolute Gasteiger partial charge is 0.504 e. The third-order valence-electron chi connectivity index (χ3n) is 4.54. The molecule has 0 saturated carbocycles. The third kappa shape index (κ3) is 4.22. The number of aliphatic imine (C=N–C) groups is 1. The molecule has 1 aromatic carbocycles. The maximum Gasteiger partial charge on any atom is 0.341 e. The second kappa shape index (κ2) is 8.58. The summed E-state index contributed by atoms with van der Waals surface area (Å²) in [6.07, 6.45) is 2.01. The highest BCUT2D eigenvalue weighted by Gasteiger charge is 2.27. The van der Waals surface area contributed by atoms with Crippen molar-refractivity contribution >= 4 is 34.2 Å². The summed E-state index contributed by atoms with van der Waals surface area (Å²) in [6.45, 7) is 3.47. The van der Waals surface area contributed by atoms with Crippen molar-refractivity contribution in [2.24, 2.45) is 4.99 Å². The van der Waals surface area contributed by atoms with Gasteiger partial charge in [0, 0.05) is 35.8 Å². The monoisotopic (exact) mass is 419 g/mol. The number of nitro groups is 1. The van der Waals surface area contributed by atoms with E-state index in [-0.39, 0.29) is 29.4 Å². The van der Waals surface area contributed by atoms with Crippen molar-refractivity contribution in [2.75, 3.05) is 27.3 Å². The quantitative estimate of drug-likeness (QED) is 0.331. The lowest BCUT2D eigenvalue weighted by Gasteiger charge is -2.22. The van der Waals surface area contributed by atoms with Gasteiger partial charge in [-0.25, -0.2) is 9.79 Å². The molecule has 0 unspecified atom stereocenters. The number of carbonyl (C=O) groups is 1. The Hall–Kier alpha value is -2.98. The molecule has 0 aliphatic carbocycles. The predicted octanol–water partition coefficient (Wildman–Crippen LogP) is 3.29. The topological polar surface area (TPSA) is 115 Å². The lowest BCUT2D eigenvalue weighted by molar-refractivity contribution is -0.385. The van der Waals surface area contributed by atoms with Crippen molar-refractivity contribution in [3.63, 3.8) is 0 Å². The van der Waals surface area contributed by atoms with Crippen molar-refractivity contribution in [1.29, 1.82) is 0 Å². The highest BCUT2D eigenvalue weighted by Crippen LogP contribution is 2.40. The molecule has 2 heterocycles. The van der Waals surface area contributed by atoms with Gasteiger partial charge in [-0.3, -0.25) is 10.1 Å². The fourth-order valence-corrected chi connectivity index (χ4v) is 4.39. The minimum absolute atomic E-state index is 0.00319. The number of rotatable bonds is 6. The van der Waals surface area contributed by atoms with Gasteiger partial charge < -0.3 is 19.5 Å². The molecule has 0 radical (unpaired) electrons. The molecule has 0 spiro atoms. The molecule has 0 fully saturated rings. The van der Waals surface area contributed by atoms with E-state index >= 15 is 0 Å². The zero-order chi connectivity index (χ0) is 21.1. The molecule has 10 heteroatoms. The summed E-state index contributed by atoms with van der Waals surface area (Å²) in [4.78, 5) is 30.5. The summed E-state index contributed by atoms with van der Waals surface area (Å²) in [5.74, 6) is -0.720. The Labute approximate surface area is 171 Å². The van der Waals surface area contributed by atoms with Gasteiger partial charge in [0.25, 0.3) is 5.69 Å². The molecular weight excluding hydrogens is 398 g/mol. The van der Waals surface area contributed by atoms with E-state index in [1.165, 1.54) is 30.7 Å². The fraction of sp³-hybridized carbons (Fsp3) is 0.368. The molecule has 1 N–H and O–H groups in total. The number of carbonyl (C=O) groups excluding carboxylic acids is 1. The molecule has 29 heavy (non-hydrogen) atoms. The van der Waals surface area contributed by atoms with Crippen molar-refractivity contribution in [3.05, 3.63) is 43.8 Å². The number of esters is 1. The summed E-state index contributed by atoms with van der Waals surface area (Å²) < 4.78 is 10.2. The zero-order valence-electron chi connectivity index (χ0n) is 16.3. The van der Waals surface area contributed by atoms with E-state index < -0.39 is 10.9 Å². The predicted molar refractivity (Wildman–Crippen MR) is 109 cm³/mol. The number of phenols is 1. The Morgan fingerprint density at radius 2 is 2.24 bits per heavy atom. The molecular formula is C19H21N3O6S. The average molecular weight is 419 g/mol. The number of hydrogen-bond acceptors (Lipinski definition) is 9.